The van der Waals surface area contributed by atoms with E-state index < -0.39 is 19.0 Å². The predicted molar refractivity (Wildman–Crippen MR) is 72.0 cm³/mol. The van der Waals surface area contributed by atoms with Crippen molar-refractivity contribution in [3.63, 3.8) is 0 Å². The first-order valence-electron chi connectivity index (χ1n) is 7.34. The van der Waals surface area contributed by atoms with Crippen LogP contribution >= 0.6 is 0 Å². The number of carbonyl (C=O) groups excluding carboxylic acids is 1. The molecule has 3 N–H and O–H groups in total. The molecule has 5 heteroatoms. The van der Waals surface area contributed by atoms with Gasteiger partial charge in [0.2, 0.25) is 5.91 Å². The molecule has 1 fully saturated rings. The van der Waals surface area contributed by atoms with E-state index in [9.17, 15) is 13.6 Å². The van der Waals surface area contributed by atoms with Gasteiger partial charge in [-0.25, -0.2) is 8.78 Å². The first kappa shape index (κ1) is 16.3. The van der Waals surface area contributed by atoms with E-state index in [4.69, 9.17) is 5.73 Å². The van der Waals surface area contributed by atoms with Crippen LogP contribution in [0.4, 0.5) is 8.78 Å². The summed E-state index contributed by atoms with van der Waals surface area (Å²) < 4.78 is 25.9. The van der Waals surface area contributed by atoms with Gasteiger partial charge in [0.1, 0.15) is 0 Å². The average molecular weight is 276 g/mol. The van der Waals surface area contributed by atoms with Gasteiger partial charge >= 0.3 is 0 Å². The zero-order valence-corrected chi connectivity index (χ0v) is 11.8. The fraction of sp³-hybridized carbons (Fsp3) is 0.929. The number of halogens is 2. The Kier molecular flexibility index (Phi) is 6.69. The van der Waals surface area contributed by atoms with E-state index in [1.165, 1.54) is 19.3 Å². The van der Waals surface area contributed by atoms with Crippen molar-refractivity contribution in [3.05, 3.63) is 0 Å². The number of nitrogens with one attached hydrogen (secondary N) is 1. The lowest BCUT2D eigenvalue weighted by molar-refractivity contribution is -0.128. The van der Waals surface area contributed by atoms with Crippen LogP contribution in [0.3, 0.4) is 0 Å². The largest absolute Gasteiger partial charge is 0.350 e. The lowest BCUT2D eigenvalue weighted by atomic mass is 9.79. The summed E-state index contributed by atoms with van der Waals surface area (Å²) >= 11 is 0. The van der Waals surface area contributed by atoms with Crippen LogP contribution in [-0.2, 0) is 4.79 Å². The van der Waals surface area contributed by atoms with Gasteiger partial charge in [0.05, 0.1) is 13.1 Å². The number of rotatable bonds is 7. The minimum absolute atomic E-state index is 0.0912. The zero-order valence-electron chi connectivity index (χ0n) is 11.8. The number of hydrogen-bond donors (Lipinski definition) is 2. The third-order valence-corrected chi connectivity index (χ3v) is 4.00. The van der Waals surface area contributed by atoms with Crippen molar-refractivity contribution in [2.24, 2.45) is 17.6 Å². The van der Waals surface area contributed by atoms with Gasteiger partial charge in [-0.15, -0.1) is 0 Å². The molecule has 3 nitrogen and oxygen atoms in total. The van der Waals surface area contributed by atoms with Crippen molar-refractivity contribution >= 4 is 5.91 Å². The van der Waals surface area contributed by atoms with E-state index in [2.05, 4.69) is 12.2 Å². The Morgan fingerprint density at radius 1 is 1.32 bits per heavy atom. The van der Waals surface area contributed by atoms with E-state index in [0.29, 0.717) is 0 Å². The normalized spacial score (nSPS) is 24.2. The molecule has 0 atom stereocenters. The highest BCUT2D eigenvalue weighted by molar-refractivity contribution is 5.78. The van der Waals surface area contributed by atoms with Crippen molar-refractivity contribution in [2.45, 2.75) is 57.8 Å². The third-order valence-electron chi connectivity index (χ3n) is 4.00. The SMILES string of the molecule is CCCCC1CCC(C(=O)NCC(F)(F)CN)CC1. The molecule has 0 spiro atoms. The van der Waals surface area contributed by atoms with E-state index >= 15 is 0 Å². The van der Waals surface area contributed by atoms with Crippen LogP contribution < -0.4 is 11.1 Å². The molecule has 1 amide bonds. The molecule has 0 bridgehead atoms. The summed E-state index contributed by atoms with van der Waals surface area (Å²) in [5.74, 6) is -2.60. The molecular weight excluding hydrogens is 250 g/mol. The summed E-state index contributed by atoms with van der Waals surface area (Å²) in [6, 6.07) is 0. The summed E-state index contributed by atoms with van der Waals surface area (Å²) in [5.41, 5.74) is 4.93. The molecule has 0 aliphatic heterocycles. The maximum atomic E-state index is 12.9. The molecule has 19 heavy (non-hydrogen) atoms. The molecule has 0 unspecified atom stereocenters. The second kappa shape index (κ2) is 7.78. The number of carbonyl (C=O) groups is 1. The average Bonchev–Trinajstić information content (AvgIpc) is 2.43. The van der Waals surface area contributed by atoms with Gasteiger partial charge in [0.25, 0.3) is 5.92 Å². The number of amides is 1. The topological polar surface area (TPSA) is 55.1 Å². The quantitative estimate of drug-likeness (QED) is 0.751. The van der Waals surface area contributed by atoms with Gasteiger partial charge in [-0.2, -0.15) is 0 Å². The summed E-state index contributed by atoms with van der Waals surface area (Å²) in [6.45, 7) is 0.811. The van der Waals surface area contributed by atoms with Gasteiger partial charge in [0.15, 0.2) is 0 Å². The standard InChI is InChI=1S/C14H26F2N2O/c1-2-3-4-11-5-7-12(8-6-11)13(19)18-10-14(15,16)9-17/h11-12H,2-10,17H2,1H3,(H,18,19). The van der Waals surface area contributed by atoms with Crippen molar-refractivity contribution in [2.75, 3.05) is 13.1 Å². The first-order chi connectivity index (χ1) is 8.98. The van der Waals surface area contributed by atoms with Gasteiger partial charge in [-0.3, -0.25) is 4.79 Å². The summed E-state index contributed by atoms with van der Waals surface area (Å²) in [6.07, 6.45) is 7.43. The Bertz CT molecular complexity index is 277. The van der Waals surface area contributed by atoms with Gasteiger partial charge in [0, 0.05) is 5.92 Å². The fourth-order valence-corrected chi connectivity index (χ4v) is 2.64. The Morgan fingerprint density at radius 3 is 2.47 bits per heavy atom. The highest BCUT2D eigenvalue weighted by atomic mass is 19.3. The number of nitrogens with two attached hydrogens (primary N) is 1. The molecule has 112 valence electrons. The molecule has 1 aliphatic rings. The first-order valence-corrected chi connectivity index (χ1v) is 7.34. The third kappa shape index (κ3) is 5.85. The summed E-state index contributed by atoms with van der Waals surface area (Å²) in [5, 5.41) is 2.33. The summed E-state index contributed by atoms with van der Waals surface area (Å²) in [7, 11) is 0. The van der Waals surface area contributed by atoms with Crippen LogP contribution in [0.2, 0.25) is 0 Å². The van der Waals surface area contributed by atoms with Crippen LogP contribution in [0.5, 0.6) is 0 Å². The minimum atomic E-state index is -2.99. The minimum Gasteiger partial charge on any atom is -0.350 e. The maximum Gasteiger partial charge on any atom is 0.277 e. The molecule has 0 heterocycles. The molecule has 1 rings (SSSR count). The van der Waals surface area contributed by atoms with Gasteiger partial charge in [-0.05, 0) is 31.6 Å². The highest BCUT2D eigenvalue weighted by Gasteiger charge is 2.30. The molecule has 1 aliphatic carbocycles. The van der Waals surface area contributed by atoms with Crippen LogP contribution in [-0.4, -0.2) is 24.9 Å². The fourth-order valence-electron chi connectivity index (χ4n) is 2.64. The van der Waals surface area contributed by atoms with Crippen LogP contribution in [0.25, 0.3) is 0 Å². The monoisotopic (exact) mass is 276 g/mol. The zero-order chi connectivity index (χ0) is 14.3. The molecular formula is C14H26F2N2O. The van der Waals surface area contributed by atoms with E-state index in [0.717, 1.165) is 31.6 Å². The second-order valence-corrected chi connectivity index (χ2v) is 5.64. The van der Waals surface area contributed by atoms with Crippen LogP contribution in [0.15, 0.2) is 0 Å². The Morgan fingerprint density at radius 2 is 1.95 bits per heavy atom. The highest BCUT2D eigenvalue weighted by Crippen LogP contribution is 2.32. The second-order valence-electron chi connectivity index (χ2n) is 5.64. The lowest BCUT2D eigenvalue weighted by Crippen LogP contribution is -2.44. The molecule has 0 aromatic heterocycles. The molecule has 0 aromatic carbocycles. The predicted octanol–water partition coefficient (Wildman–Crippen LogP) is 2.69. The van der Waals surface area contributed by atoms with Gasteiger partial charge < -0.3 is 11.1 Å². The number of hydrogen-bond acceptors (Lipinski definition) is 2. The molecule has 0 saturated heterocycles. The van der Waals surface area contributed by atoms with E-state index in [1.807, 2.05) is 0 Å². The number of alkyl halides is 2. The summed E-state index contributed by atoms with van der Waals surface area (Å²) in [4.78, 5) is 11.8. The van der Waals surface area contributed by atoms with Crippen molar-refractivity contribution < 1.29 is 13.6 Å². The van der Waals surface area contributed by atoms with E-state index in [1.54, 1.807) is 0 Å². The van der Waals surface area contributed by atoms with Crippen molar-refractivity contribution in [1.29, 1.82) is 0 Å². The smallest absolute Gasteiger partial charge is 0.277 e. The Hall–Kier alpha value is -0.710. The van der Waals surface area contributed by atoms with Crippen molar-refractivity contribution in [1.82, 2.24) is 5.32 Å². The van der Waals surface area contributed by atoms with E-state index in [-0.39, 0.29) is 11.8 Å². The molecule has 0 radical (unpaired) electrons. The Balaban J connectivity index is 2.25. The van der Waals surface area contributed by atoms with Crippen LogP contribution in [0, 0.1) is 11.8 Å². The Labute approximate surface area is 114 Å². The molecule has 0 aromatic rings. The lowest BCUT2D eigenvalue weighted by Gasteiger charge is -2.28. The van der Waals surface area contributed by atoms with Crippen molar-refractivity contribution in [3.8, 4) is 0 Å². The number of unbranched alkanes of at least 4 members (excludes halogenated alkanes) is 1. The maximum absolute atomic E-state index is 12.9. The van der Waals surface area contributed by atoms with Crippen LogP contribution in [0.1, 0.15) is 51.9 Å². The molecule has 1 saturated carbocycles. The van der Waals surface area contributed by atoms with Gasteiger partial charge in [-0.1, -0.05) is 26.2 Å².